The van der Waals surface area contributed by atoms with Crippen LogP contribution in [0.3, 0.4) is 0 Å². The van der Waals surface area contributed by atoms with Crippen LogP contribution in [-0.4, -0.2) is 54.8 Å². The average molecular weight is 406 g/mol. The number of carbonyl (C=O) groups excluding carboxylic acids is 1. The maximum atomic E-state index is 13.5. The van der Waals surface area contributed by atoms with E-state index in [1.807, 2.05) is 19.9 Å². The van der Waals surface area contributed by atoms with Crippen molar-refractivity contribution in [2.24, 2.45) is 11.8 Å². The topological polar surface area (TPSA) is 76.1 Å². The molecule has 2 atom stereocenters. The van der Waals surface area contributed by atoms with Gasteiger partial charge < -0.3 is 19.5 Å². The van der Waals surface area contributed by atoms with Gasteiger partial charge in [-0.25, -0.2) is 4.79 Å². The number of likely N-dealkylation sites (tertiary alicyclic amines) is 1. The first-order valence-corrected chi connectivity index (χ1v) is 10.2. The van der Waals surface area contributed by atoms with E-state index in [-0.39, 0.29) is 23.2 Å². The normalized spacial score (nSPS) is 22.2. The molecule has 1 aromatic carbocycles. The van der Waals surface area contributed by atoms with E-state index in [1.165, 1.54) is 0 Å². The molecule has 1 aromatic rings. The van der Waals surface area contributed by atoms with Gasteiger partial charge in [-0.15, -0.1) is 0 Å². The number of carboxylic acid groups (broad SMARTS) is 1. The Hall–Kier alpha value is -2.08. The summed E-state index contributed by atoms with van der Waals surface area (Å²) in [5.74, 6) is -0.447. The highest BCUT2D eigenvalue weighted by atomic mass is 16.5. The quantitative estimate of drug-likeness (QED) is 0.743. The van der Waals surface area contributed by atoms with E-state index in [0.29, 0.717) is 37.3 Å². The van der Waals surface area contributed by atoms with E-state index >= 15 is 0 Å². The largest absolute Gasteiger partial charge is 0.496 e. The third kappa shape index (κ3) is 4.74. The number of nitrogens with zero attached hydrogens (tertiary/aromatic N) is 1. The number of amides is 1. The highest BCUT2D eigenvalue weighted by molar-refractivity contribution is 5.98. The van der Waals surface area contributed by atoms with Crippen molar-refractivity contribution in [3.63, 3.8) is 0 Å². The summed E-state index contributed by atoms with van der Waals surface area (Å²) in [5.41, 5.74) is 0.0981. The summed E-state index contributed by atoms with van der Waals surface area (Å²) in [6.07, 6.45) is 0.808. The van der Waals surface area contributed by atoms with Crippen LogP contribution in [-0.2, 0) is 14.9 Å². The molecular weight excluding hydrogens is 370 g/mol. The molecule has 1 heterocycles. The smallest absolute Gasteiger partial charge is 0.329 e. The summed E-state index contributed by atoms with van der Waals surface area (Å²) in [6, 6.07) is 5.41. The maximum Gasteiger partial charge on any atom is 0.329 e. The van der Waals surface area contributed by atoms with E-state index in [1.54, 1.807) is 31.3 Å². The molecule has 0 spiro atoms. The van der Waals surface area contributed by atoms with Crippen LogP contribution in [0.2, 0.25) is 0 Å². The van der Waals surface area contributed by atoms with Crippen molar-refractivity contribution in [1.29, 1.82) is 0 Å². The predicted molar refractivity (Wildman–Crippen MR) is 113 cm³/mol. The first-order valence-electron chi connectivity index (χ1n) is 10.2. The highest BCUT2D eigenvalue weighted by Crippen LogP contribution is 2.40. The standard InChI is InChI=1S/C23H35NO5/c1-15(2)11-23(21(26)27)12-16(14-28-6)13-24(23)20(25)17-8-9-18(22(3,4)5)19(10-17)29-7/h8-10,15-16H,11-14H2,1-7H3,(H,26,27)/t16-,23-/m0/s1. The molecule has 1 saturated heterocycles. The van der Waals surface area contributed by atoms with E-state index in [9.17, 15) is 14.7 Å². The Morgan fingerprint density at radius 3 is 2.41 bits per heavy atom. The number of hydrogen-bond donors (Lipinski definition) is 1. The van der Waals surface area contributed by atoms with Crippen LogP contribution < -0.4 is 4.74 Å². The zero-order chi connectivity index (χ0) is 22.0. The third-order valence-electron chi connectivity index (χ3n) is 5.63. The van der Waals surface area contributed by atoms with Crippen LogP contribution >= 0.6 is 0 Å². The molecule has 6 nitrogen and oxygen atoms in total. The lowest BCUT2D eigenvalue weighted by Gasteiger charge is -2.36. The Balaban J connectivity index is 2.48. The number of ether oxygens (including phenoxy) is 2. The molecule has 162 valence electrons. The number of carbonyl (C=O) groups is 2. The van der Waals surface area contributed by atoms with E-state index in [0.717, 1.165) is 5.56 Å². The molecule has 0 radical (unpaired) electrons. The lowest BCUT2D eigenvalue weighted by Crippen LogP contribution is -2.53. The van der Waals surface area contributed by atoms with Crippen LogP contribution in [0.1, 0.15) is 63.4 Å². The third-order valence-corrected chi connectivity index (χ3v) is 5.63. The first kappa shape index (κ1) is 23.2. The zero-order valence-electron chi connectivity index (χ0n) is 18.7. The van der Waals surface area contributed by atoms with Crippen molar-refractivity contribution in [1.82, 2.24) is 4.90 Å². The van der Waals surface area contributed by atoms with Gasteiger partial charge in [-0.3, -0.25) is 4.79 Å². The molecule has 2 rings (SSSR count). The van der Waals surface area contributed by atoms with Crippen molar-refractivity contribution in [3.8, 4) is 5.75 Å². The van der Waals surface area contributed by atoms with E-state index in [4.69, 9.17) is 9.47 Å². The van der Waals surface area contributed by atoms with E-state index in [2.05, 4.69) is 20.8 Å². The van der Waals surface area contributed by atoms with Crippen molar-refractivity contribution >= 4 is 11.9 Å². The number of rotatable bonds is 7. The fraction of sp³-hybridized carbons (Fsp3) is 0.652. The molecule has 0 aromatic heterocycles. The second-order valence-corrected chi connectivity index (χ2v) is 9.54. The Morgan fingerprint density at radius 1 is 1.28 bits per heavy atom. The monoisotopic (exact) mass is 405 g/mol. The van der Waals surface area contributed by atoms with Crippen LogP contribution in [0.25, 0.3) is 0 Å². The average Bonchev–Trinajstić information content (AvgIpc) is 2.98. The van der Waals surface area contributed by atoms with Crippen molar-refractivity contribution < 1.29 is 24.2 Å². The number of carboxylic acids is 1. The maximum absolute atomic E-state index is 13.5. The molecule has 1 aliphatic rings. The molecule has 0 saturated carbocycles. The first-order chi connectivity index (χ1) is 13.5. The Labute approximate surface area is 174 Å². The molecule has 1 N–H and O–H groups in total. The minimum atomic E-state index is -1.22. The van der Waals surface area contributed by atoms with Gasteiger partial charge in [0.15, 0.2) is 0 Å². The number of methoxy groups -OCH3 is 2. The number of hydrogen-bond acceptors (Lipinski definition) is 4. The van der Waals surface area contributed by atoms with Crippen LogP contribution in [0.5, 0.6) is 5.75 Å². The molecule has 0 unspecified atom stereocenters. The molecule has 0 bridgehead atoms. The Bertz CT molecular complexity index is 752. The number of aliphatic carboxylic acids is 1. The summed E-state index contributed by atoms with van der Waals surface area (Å²) < 4.78 is 10.8. The Morgan fingerprint density at radius 2 is 1.93 bits per heavy atom. The summed E-state index contributed by atoms with van der Waals surface area (Å²) >= 11 is 0. The Kier molecular flexibility index (Phi) is 6.99. The second kappa shape index (κ2) is 8.74. The summed E-state index contributed by atoms with van der Waals surface area (Å²) in [7, 11) is 3.19. The second-order valence-electron chi connectivity index (χ2n) is 9.54. The van der Waals surface area contributed by atoms with Gasteiger partial charge in [-0.1, -0.05) is 40.7 Å². The SMILES string of the molecule is COC[C@@H]1CN(C(=O)c2ccc(C(C)(C)C)c(OC)c2)[C@](CC(C)C)(C(=O)O)C1. The lowest BCUT2D eigenvalue weighted by atomic mass is 9.83. The van der Waals surface area contributed by atoms with Crippen LogP contribution in [0.15, 0.2) is 18.2 Å². The molecular formula is C23H35NO5. The van der Waals surface area contributed by atoms with Crippen LogP contribution in [0, 0.1) is 11.8 Å². The van der Waals surface area contributed by atoms with Gasteiger partial charge in [-0.05, 0) is 41.9 Å². The molecule has 1 aliphatic heterocycles. The predicted octanol–water partition coefficient (Wildman–Crippen LogP) is 3.97. The fourth-order valence-electron chi connectivity index (χ4n) is 4.47. The molecule has 6 heteroatoms. The molecule has 0 aliphatic carbocycles. The van der Waals surface area contributed by atoms with Gasteiger partial charge in [0.2, 0.25) is 0 Å². The summed E-state index contributed by atoms with van der Waals surface area (Å²) in [5, 5.41) is 10.2. The van der Waals surface area contributed by atoms with E-state index < -0.39 is 11.5 Å². The lowest BCUT2D eigenvalue weighted by molar-refractivity contribution is -0.149. The minimum Gasteiger partial charge on any atom is -0.496 e. The molecule has 1 fully saturated rings. The van der Waals surface area contributed by atoms with Gasteiger partial charge in [0.1, 0.15) is 11.3 Å². The summed E-state index contributed by atoms with van der Waals surface area (Å²) in [4.78, 5) is 27.4. The van der Waals surface area contributed by atoms with Gasteiger partial charge >= 0.3 is 5.97 Å². The van der Waals surface area contributed by atoms with Gasteiger partial charge in [0, 0.05) is 25.1 Å². The van der Waals surface area contributed by atoms with Gasteiger partial charge in [0.05, 0.1) is 13.7 Å². The zero-order valence-corrected chi connectivity index (χ0v) is 18.7. The van der Waals surface area contributed by atoms with Crippen molar-refractivity contribution in [2.75, 3.05) is 27.4 Å². The molecule has 29 heavy (non-hydrogen) atoms. The van der Waals surface area contributed by atoms with Crippen molar-refractivity contribution in [3.05, 3.63) is 29.3 Å². The van der Waals surface area contributed by atoms with Crippen molar-refractivity contribution in [2.45, 2.75) is 58.4 Å². The number of benzene rings is 1. The fourth-order valence-corrected chi connectivity index (χ4v) is 4.47. The van der Waals surface area contributed by atoms with Gasteiger partial charge in [-0.2, -0.15) is 0 Å². The van der Waals surface area contributed by atoms with Crippen LogP contribution in [0.4, 0.5) is 0 Å². The molecule has 1 amide bonds. The van der Waals surface area contributed by atoms with Gasteiger partial charge in [0.25, 0.3) is 5.91 Å². The minimum absolute atomic E-state index is 0.00505. The summed E-state index contributed by atoms with van der Waals surface area (Å²) in [6.45, 7) is 11.0. The highest BCUT2D eigenvalue weighted by Gasteiger charge is 2.53.